The lowest BCUT2D eigenvalue weighted by atomic mass is 10.2. The first kappa shape index (κ1) is 18.3. The van der Waals surface area contributed by atoms with E-state index in [1.807, 2.05) is 24.3 Å². The van der Waals surface area contributed by atoms with Crippen molar-refractivity contribution in [2.75, 3.05) is 19.5 Å². The zero-order chi connectivity index (χ0) is 19.1. The summed E-state index contributed by atoms with van der Waals surface area (Å²) in [6, 6.07) is 14.1. The molecule has 7 nitrogen and oxygen atoms in total. The summed E-state index contributed by atoms with van der Waals surface area (Å²) in [4.78, 5) is 18.8. The van der Waals surface area contributed by atoms with Crippen LogP contribution in [0.5, 0.6) is 11.5 Å². The van der Waals surface area contributed by atoms with E-state index in [1.165, 1.54) is 0 Å². The SMILES string of the molecule is COc1ccc(NC(=O)N(Cc2ccccn2)Cc2ccco2)c(OC)c1. The average Bonchev–Trinajstić information content (AvgIpc) is 3.21. The summed E-state index contributed by atoms with van der Waals surface area (Å²) in [6.07, 6.45) is 3.28. The summed E-state index contributed by atoms with van der Waals surface area (Å²) in [7, 11) is 3.11. The molecule has 0 spiro atoms. The van der Waals surface area contributed by atoms with Crippen molar-refractivity contribution in [1.29, 1.82) is 0 Å². The summed E-state index contributed by atoms with van der Waals surface area (Å²) >= 11 is 0. The van der Waals surface area contributed by atoms with E-state index in [2.05, 4.69) is 10.3 Å². The second-order valence-corrected chi connectivity index (χ2v) is 5.75. The molecular weight excluding hydrogens is 346 g/mol. The van der Waals surface area contributed by atoms with Crippen molar-refractivity contribution in [3.05, 3.63) is 72.4 Å². The Morgan fingerprint density at radius 1 is 1.11 bits per heavy atom. The molecule has 1 N–H and O–H groups in total. The van der Waals surface area contributed by atoms with Gasteiger partial charge in [-0.15, -0.1) is 0 Å². The van der Waals surface area contributed by atoms with Crippen LogP contribution in [0.2, 0.25) is 0 Å². The molecule has 0 bridgehead atoms. The zero-order valence-electron chi connectivity index (χ0n) is 15.2. The number of furan rings is 1. The Kier molecular flexibility index (Phi) is 5.94. The minimum Gasteiger partial charge on any atom is -0.497 e. The summed E-state index contributed by atoms with van der Waals surface area (Å²) in [5, 5.41) is 2.88. The van der Waals surface area contributed by atoms with Crippen LogP contribution in [0, 0.1) is 0 Å². The van der Waals surface area contributed by atoms with Crippen LogP contribution in [0.3, 0.4) is 0 Å². The molecule has 3 rings (SSSR count). The minimum atomic E-state index is -0.291. The van der Waals surface area contributed by atoms with Crippen molar-refractivity contribution < 1.29 is 18.7 Å². The number of hydrogen-bond donors (Lipinski definition) is 1. The number of nitrogens with one attached hydrogen (secondary N) is 1. The molecule has 7 heteroatoms. The topological polar surface area (TPSA) is 76.8 Å². The minimum absolute atomic E-state index is 0.291. The van der Waals surface area contributed by atoms with E-state index >= 15 is 0 Å². The predicted octanol–water partition coefficient (Wildman–Crippen LogP) is 3.93. The number of benzene rings is 1. The molecule has 0 unspecified atom stereocenters. The highest BCUT2D eigenvalue weighted by Gasteiger charge is 2.18. The summed E-state index contributed by atoms with van der Waals surface area (Å²) in [6.45, 7) is 0.653. The Labute approximate surface area is 157 Å². The van der Waals surface area contributed by atoms with E-state index in [4.69, 9.17) is 13.9 Å². The Balaban J connectivity index is 1.80. The van der Waals surface area contributed by atoms with Crippen molar-refractivity contribution in [1.82, 2.24) is 9.88 Å². The number of ether oxygens (including phenoxy) is 2. The standard InChI is InChI=1S/C20H21N3O4/c1-25-16-8-9-18(19(12-16)26-2)22-20(24)23(14-17-7-5-11-27-17)13-15-6-3-4-10-21-15/h3-12H,13-14H2,1-2H3,(H,22,24). The van der Waals surface area contributed by atoms with Crippen LogP contribution in [-0.2, 0) is 13.1 Å². The monoisotopic (exact) mass is 367 g/mol. The van der Waals surface area contributed by atoms with Gasteiger partial charge in [-0.1, -0.05) is 6.07 Å². The number of methoxy groups -OCH3 is 2. The molecule has 0 aliphatic rings. The maximum absolute atomic E-state index is 12.9. The fourth-order valence-electron chi connectivity index (χ4n) is 2.57. The smallest absolute Gasteiger partial charge is 0.322 e. The van der Waals surface area contributed by atoms with Gasteiger partial charge in [-0.2, -0.15) is 0 Å². The molecule has 0 aliphatic heterocycles. The van der Waals surface area contributed by atoms with E-state index in [0.717, 1.165) is 5.69 Å². The number of aromatic nitrogens is 1. The predicted molar refractivity (Wildman–Crippen MR) is 101 cm³/mol. The van der Waals surface area contributed by atoms with Crippen LogP contribution in [0.25, 0.3) is 0 Å². The fraction of sp³-hybridized carbons (Fsp3) is 0.200. The number of carbonyl (C=O) groups excluding carboxylic acids is 1. The van der Waals surface area contributed by atoms with Gasteiger partial charge in [-0.25, -0.2) is 4.79 Å². The van der Waals surface area contributed by atoms with E-state index < -0.39 is 0 Å². The largest absolute Gasteiger partial charge is 0.497 e. The number of hydrogen-bond acceptors (Lipinski definition) is 5. The number of amides is 2. The third-order valence-corrected chi connectivity index (χ3v) is 3.94. The number of carbonyl (C=O) groups is 1. The first-order chi connectivity index (χ1) is 13.2. The van der Waals surface area contributed by atoms with Crippen LogP contribution in [0.1, 0.15) is 11.5 Å². The molecular formula is C20H21N3O4. The van der Waals surface area contributed by atoms with E-state index in [-0.39, 0.29) is 6.03 Å². The number of urea groups is 1. The second kappa shape index (κ2) is 8.75. The highest BCUT2D eigenvalue weighted by molar-refractivity contribution is 5.91. The summed E-state index contributed by atoms with van der Waals surface area (Å²) in [5.41, 5.74) is 1.33. The van der Waals surface area contributed by atoms with Gasteiger partial charge in [0.2, 0.25) is 0 Å². The normalized spacial score (nSPS) is 10.3. The van der Waals surface area contributed by atoms with Crippen LogP contribution < -0.4 is 14.8 Å². The van der Waals surface area contributed by atoms with Crippen molar-refractivity contribution in [2.24, 2.45) is 0 Å². The van der Waals surface area contributed by atoms with Crippen molar-refractivity contribution in [3.8, 4) is 11.5 Å². The maximum atomic E-state index is 12.9. The quantitative estimate of drug-likeness (QED) is 0.685. The van der Waals surface area contributed by atoms with Gasteiger partial charge in [0.05, 0.1) is 45.0 Å². The highest BCUT2D eigenvalue weighted by atomic mass is 16.5. The van der Waals surface area contributed by atoms with Gasteiger partial charge in [0.25, 0.3) is 0 Å². The molecule has 0 fully saturated rings. The van der Waals surface area contributed by atoms with Crippen molar-refractivity contribution in [3.63, 3.8) is 0 Å². The third kappa shape index (κ3) is 4.78. The molecule has 0 saturated heterocycles. The molecule has 0 saturated carbocycles. The molecule has 0 radical (unpaired) electrons. The molecule has 0 atom stereocenters. The maximum Gasteiger partial charge on any atom is 0.322 e. The van der Waals surface area contributed by atoms with E-state index in [1.54, 1.807) is 55.8 Å². The molecule has 140 valence electrons. The fourth-order valence-corrected chi connectivity index (χ4v) is 2.57. The van der Waals surface area contributed by atoms with Crippen LogP contribution in [0.15, 0.2) is 65.4 Å². The van der Waals surface area contributed by atoms with Gasteiger partial charge < -0.3 is 24.1 Å². The molecule has 2 heterocycles. The molecule has 2 amide bonds. The molecule has 1 aromatic carbocycles. The molecule has 2 aromatic heterocycles. The lowest BCUT2D eigenvalue weighted by molar-refractivity contribution is 0.200. The highest BCUT2D eigenvalue weighted by Crippen LogP contribution is 2.29. The first-order valence-electron chi connectivity index (χ1n) is 8.40. The Bertz CT molecular complexity index is 866. The number of anilines is 1. The Morgan fingerprint density at radius 2 is 2.00 bits per heavy atom. The molecule has 0 aliphatic carbocycles. The second-order valence-electron chi connectivity index (χ2n) is 5.75. The molecule has 3 aromatic rings. The summed E-state index contributed by atoms with van der Waals surface area (Å²) in [5.74, 6) is 1.84. The Morgan fingerprint density at radius 3 is 2.67 bits per heavy atom. The van der Waals surface area contributed by atoms with Gasteiger partial charge in [0.1, 0.15) is 17.3 Å². The van der Waals surface area contributed by atoms with E-state index in [9.17, 15) is 4.79 Å². The zero-order valence-corrected chi connectivity index (χ0v) is 15.2. The van der Waals surface area contributed by atoms with Gasteiger partial charge >= 0.3 is 6.03 Å². The van der Waals surface area contributed by atoms with Crippen LogP contribution in [-0.4, -0.2) is 30.1 Å². The van der Waals surface area contributed by atoms with Gasteiger partial charge in [-0.3, -0.25) is 4.98 Å². The first-order valence-corrected chi connectivity index (χ1v) is 8.40. The van der Waals surface area contributed by atoms with Crippen LogP contribution >= 0.6 is 0 Å². The summed E-state index contributed by atoms with van der Waals surface area (Å²) < 4.78 is 15.9. The van der Waals surface area contributed by atoms with E-state index in [0.29, 0.717) is 36.0 Å². The number of pyridine rings is 1. The van der Waals surface area contributed by atoms with Gasteiger partial charge in [-0.05, 0) is 36.4 Å². The van der Waals surface area contributed by atoms with Crippen molar-refractivity contribution in [2.45, 2.75) is 13.1 Å². The Hall–Kier alpha value is -3.48. The van der Waals surface area contributed by atoms with Gasteiger partial charge in [0, 0.05) is 12.3 Å². The number of nitrogens with zero attached hydrogens (tertiary/aromatic N) is 2. The van der Waals surface area contributed by atoms with Crippen molar-refractivity contribution >= 4 is 11.7 Å². The third-order valence-electron chi connectivity index (χ3n) is 3.94. The lowest BCUT2D eigenvalue weighted by Gasteiger charge is -2.22. The molecule has 27 heavy (non-hydrogen) atoms. The number of rotatable bonds is 7. The van der Waals surface area contributed by atoms with Gasteiger partial charge in [0.15, 0.2) is 0 Å². The van der Waals surface area contributed by atoms with Crippen LogP contribution in [0.4, 0.5) is 10.5 Å². The average molecular weight is 367 g/mol. The lowest BCUT2D eigenvalue weighted by Crippen LogP contribution is -2.34.